The average Bonchev–Trinajstić information content (AvgIpc) is 2.33. The van der Waals surface area contributed by atoms with Crippen LogP contribution in [-0.2, 0) is 20.0 Å². The zero-order valence-corrected chi connectivity index (χ0v) is 13.0. The van der Waals surface area contributed by atoms with Crippen molar-refractivity contribution in [3.05, 3.63) is 33.9 Å². The second-order valence-corrected chi connectivity index (χ2v) is 7.87. The Kier molecular flexibility index (Phi) is 5.39. The number of aryl methyl sites for hydroxylation is 1. The SMILES string of the molecule is Cc1ccc(S(=O)(=O)NCCNS(C)(=O)=O)cc1[N+](=O)[O-]. The molecule has 11 heteroatoms. The van der Waals surface area contributed by atoms with Crippen LogP contribution in [0.4, 0.5) is 5.69 Å². The first kappa shape index (κ1) is 17.5. The molecule has 0 amide bonds. The molecule has 0 spiro atoms. The lowest BCUT2D eigenvalue weighted by molar-refractivity contribution is -0.385. The Balaban J connectivity index is 2.84. The van der Waals surface area contributed by atoms with Gasteiger partial charge in [0.2, 0.25) is 20.0 Å². The predicted octanol–water partition coefficient (Wildman–Crippen LogP) is -0.269. The molecule has 1 aromatic carbocycles. The van der Waals surface area contributed by atoms with E-state index in [1.54, 1.807) is 0 Å². The minimum Gasteiger partial charge on any atom is -0.258 e. The minimum atomic E-state index is -3.94. The van der Waals surface area contributed by atoms with Gasteiger partial charge in [-0.25, -0.2) is 26.3 Å². The Hall–Kier alpha value is -1.56. The highest BCUT2D eigenvalue weighted by atomic mass is 32.2. The molecule has 0 aliphatic heterocycles. The van der Waals surface area contributed by atoms with Gasteiger partial charge in [0.25, 0.3) is 5.69 Å². The van der Waals surface area contributed by atoms with Crippen molar-refractivity contribution in [2.75, 3.05) is 19.3 Å². The first-order chi connectivity index (χ1) is 9.53. The molecule has 1 aromatic rings. The van der Waals surface area contributed by atoms with Crippen molar-refractivity contribution >= 4 is 25.7 Å². The normalized spacial score (nSPS) is 12.3. The summed E-state index contributed by atoms with van der Waals surface area (Å²) in [6, 6.07) is 3.54. The second-order valence-electron chi connectivity index (χ2n) is 4.27. The molecule has 0 aliphatic rings. The molecule has 0 bridgehead atoms. The van der Waals surface area contributed by atoms with Crippen LogP contribution in [0.1, 0.15) is 5.56 Å². The third-order valence-electron chi connectivity index (χ3n) is 2.47. The number of nitrogens with zero attached hydrogens (tertiary/aromatic N) is 1. The fourth-order valence-electron chi connectivity index (χ4n) is 1.46. The van der Waals surface area contributed by atoms with E-state index in [2.05, 4.69) is 9.44 Å². The summed E-state index contributed by atoms with van der Waals surface area (Å²) in [6.07, 6.45) is 0.949. The van der Waals surface area contributed by atoms with Crippen LogP contribution in [0, 0.1) is 17.0 Å². The lowest BCUT2D eigenvalue weighted by Gasteiger charge is -2.07. The van der Waals surface area contributed by atoms with Gasteiger partial charge in [0.05, 0.1) is 16.1 Å². The average molecular weight is 337 g/mol. The monoisotopic (exact) mass is 337 g/mol. The quantitative estimate of drug-likeness (QED) is 0.399. The van der Waals surface area contributed by atoms with Crippen LogP contribution in [0.3, 0.4) is 0 Å². The van der Waals surface area contributed by atoms with E-state index in [9.17, 15) is 26.9 Å². The molecule has 0 saturated carbocycles. The minimum absolute atomic E-state index is 0.119. The Morgan fingerprint density at radius 2 is 1.71 bits per heavy atom. The van der Waals surface area contributed by atoms with E-state index < -0.39 is 25.0 Å². The molecule has 0 heterocycles. The summed E-state index contributed by atoms with van der Waals surface area (Å²) in [5, 5.41) is 10.8. The van der Waals surface area contributed by atoms with Crippen molar-refractivity contribution in [2.45, 2.75) is 11.8 Å². The highest BCUT2D eigenvalue weighted by Gasteiger charge is 2.19. The summed E-state index contributed by atoms with van der Waals surface area (Å²) in [5.41, 5.74) is 0.0461. The maximum atomic E-state index is 11.9. The number of benzene rings is 1. The Morgan fingerprint density at radius 3 is 2.24 bits per heavy atom. The van der Waals surface area contributed by atoms with E-state index in [-0.39, 0.29) is 23.7 Å². The van der Waals surface area contributed by atoms with Gasteiger partial charge < -0.3 is 0 Å². The van der Waals surface area contributed by atoms with Gasteiger partial charge in [0.1, 0.15) is 0 Å². The highest BCUT2D eigenvalue weighted by molar-refractivity contribution is 7.89. The number of nitrogens with one attached hydrogen (secondary N) is 2. The first-order valence-electron chi connectivity index (χ1n) is 5.72. The number of hydrogen-bond donors (Lipinski definition) is 2. The zero-order valence-electron chi connectivity index (χ0n) is 11.4. The number of hydrogen-bond acceptors (Lipinski definition) is 6. The fraction of sp³-hybridized carbons (Fsp3) is 0.400. The molecule has 0 aromatic heterocycles. The Bertz CT molecular complexity index is 742. The molecule has 9 nitrogen and oxygen atoms in total. The third-order valence-corrected chi connectivity index (χ3v) is 4.66. The molecule has 0 unspecified atom stereocenters. The molecule has 0 atom stereocenters. The van der Waals surface area contributed by atoms with Crippen LogP contribution in [-0.4, -0.2) is 41.1 Å². The third kappa shape index (κ3) is 5.38. The van der Waals surface area contributed by atoms with Gasteiger partial charge in [0, 0.05) is 24.7 Å². The summed E-state index contributed by atoms with van der Waals surface area (Å²) in [5.74, 6) is 0. The van der Waals surface area contributed by atoms with E-state index in [4.69, 9.17) is 0 Å². The standard InChI is InChI=1S/C10H15N3O6S2/c1-8-3-4-9(7-10(8)13(14)15)21(18,19)12-6-5-11-20(2,16)17/h3-4,7,11-12H,5-6H2,1-2H3. The van der Waals surface area contributed by atoms with Gasteiger partial charge in [-0.15, -0.1) is 0 Å². The largest absolute Gasteiger partial charge is 0.273 e. The number of nitro groups is 1. The molecule has 1 rings (SSSR count). The maximum absolute atomic E-state index is 11.9. The van der Waals surface area contributed by atoms with Gasteiger partial charge >= 0.3 is 0 Å². The first-order valence-corrected chi connectivity index (χ1v) is 9.10. The number of rotatable bonds is 7. The van der Waals surface area contributed by atoms with Crippen LogP contribution in [0.5, 0.6) is 0 Å². The summed E-state index contributed by atoms with van der Waals surface area (Å²) in [6.45, 7) is 1.21. The van der Waals surface area contributed by atoms with Crippen molar-refractivity contribution in [1.82, 2.24) is 9.44 Å². The van der Waals surface area contributed by atoms with Gasteiger partial charge in [-0.05, 0) is 13.0 Å². The zero-order chi connectivity index (χ0) is 16.3. The Morgan fingerprint density at radius 1 is 1.14 bits per heavy atom. The molecule has 0 aliphatic carbocycles. The van der Waals surface area contributed by atoms with E-state index in [1.807, 2.05) is 0 Å². The van der Waals surface area contributed by atoms with Crippen LogP contribution in [0.25, 0.3) is 0 Å². The summed E-state index contributed by atoms with van der Waals surface area (Å²) in [7, 11) is -7.34. The molecule has 0 saturated heterocycles. The molecule has 118 valence electrons. The number of nitro benzene ring substituents is 1. The van der Waals surface area contributed by atoms with Crippen molar-refractivity contribution in [3.8, 4) is 0 Å². The fourth-order valence-corrected chi connectivity index (χ4v) is 2.98. The predicted molar refractivity (Wildman–Crippen MR) is 75.9 cm³/mol. The van der Waals surface area contributed by atoms with Crippen LogP contribution in [0.15, 0.2) is 23.1 Å². The van der Waals surface area contributed by atoms with Gasteiger partial charge in [-0.1, -0.05) is 6.07 Å². The topological polar surface area (TPSA) is 135 Å². The number of sulfonamides is 2. The van der Waals surface area contributed by atoms with Crippen LogP contribution < -0.4 is 9.44 Å². The smallest absolute Gasteiger partial charge is 0.258 e. The van der Waals surface area contributed by atoms with Crippen molar-refractivity contribution in [2.24, 2.45) is 0 Å². The molecule has 2 N–H and O–H groups in total. The summed E-state index contributed by atoms with van der Waals surface area (Å²) < 4.78 is 49.8. The molecular weight excluding hydrogens is 322 g/mol. The highest BCUT2D eigenvalue weighted by Crippen LogP contribution is 2.21. The molecule has 21 heavy (non-hydrogen) atoms. The van der Waals surface area contributed by atoms with E-state index in [0.717, 1.165) is 12.3 Å². The van der Waals surface area contributed by atoms with Gasteiger partial charge in [-0.2, -0.15) is 0 Å². The molecule has 0 fully saturated rings. The van der Waals surface area contributed by atoms with E-state index >= 15 is 0 Å². The second kappa shape index (κ2) is 6.47. The van der Waals surface area contributed by atoms with Gasteiger partial charge in [0.15, 0.2) is 0 Å². The van der Waals surface area contributed by atoms with Crippen molar-refractivity contribution in [1.29, 1.82) is 0 Å². The van der Waals surface area contributed by atoms with E-state index in [0.29, 0.717) is 5.56 Å². The lowest BCUT2D eigenvalue weighted by atomic mass is 10.2. The maximum Gasteiger partial charge on any atom is 0.273 e. The summed E-state index contributed by atoms with van der Waals surface area (Å²) in [4.78, 5) is 9.87. The summed E-state index contributed by atoms with van der Waals surface area (Å²) >= 11 is 0. The van der Waals surface area contributed by atoms with Crippen molar-refractivity contribution < 1.29 is 21.8 Å². The Labute approximate surface area is 122 Å². The van der Waals surface area contributed by atoms with E-state index in [1.165, 1.54) is 19.1 Å². The van der Waals surface area contributed by atoms with Crippen LogP contribution in [0.2, 0.25) is 0 Å². The van der Waals surface area contributed by atoms with Crippen LogP contribution >= 0.6 is 0 Å². The van der Waals surface area contributed by atoms with Crippen molar-refractivity contribution in [3.63, 3.8) is 0 Å². The molecular formula is C10H15N3O6S2. The molecule has 0 radical (unpaired) electrons. The van der Waals surface area contributed by atoms with Gasteiger partial charge in [-0.3, -0.25) is 10.1 Å². The lowest BCUT2D eigenvalue weighted by Crippen LogP contribution is -2.34.